The minimum atomic E-state index is -3.92. The van der Waals surface area contributed by atoms with Crippen LogP contribution in [0.5, 0.6) is 0 Å². The number of H-pyrrole nitrogens is 1. The van der Waals surface area contributed by atoms with Crippen molar-refractivity contribution in [3.8, 4) is 0 Å². The normalized spacial score (nSPS) is 19.5. The van der Waals surface area contributed by atoms with E-state index in [2.05, 4.69) is 14.5 Å². The Bertz CT molecular complexity index is 1640. The molecule has 3 heterocycles. The predicted molar refractivity (Wildman–Crippen MR) is 149 cm³/mol. The highest BCUT2D eigenvalue weighted by Crippen LogP contribution is 2.37. The quantitative estimate of drug-likeness (QED) is 0.304. The largest absolute Gasteiger partial charge is 0.494 e. The van der Waals surface area contributed by atoms with Crippen LogP contribution in [0.25, 0.3) is 11.0 Å². The molecule has 0 spiro atoms. The topological polar surface area (TPSA) is 118 Å². The molecule has 0 saturated carbocycles. The summed E-state index contributed by atoms with van der Waals surface area (Å²) in [5.74, 6) is 0.251. The number of aromatic amines is 1. The lowest BCUT2D eigenvalue weighted by Crippen LogP contribution is -2.41. The van der Waals surface area contributed by atoms with Crippen LogP contribution in [-0.2, 0) is 19.3 Å². The number of imidazole rings is 1. The van der Waals surface area contributed by atoms with Crippen LogP contribution in [0.4, 0.5) is 0 Å². The van der Waals surface area contributed by atoms with E-state index in [0.717, 1.165) is 16.6 Å². The van der Waals surface area contributed by atoms with Gasteiger partial charge < -0.3 is 14.3 Å². The van der Waals surface area contributed by atoms with Crippen molar-refractivity contribution in [3.05, 3.63) is 58.0 Å². The summed E-state index contributed by atoms with van der Waals surface area (Å²) in [4.78, 5) is 15.3. The summed E-state index contributed by atoms with van der Waals surface area (Å²) in [7, 11) is -4.61. The molecule has 0 bridgehead atoms. The zero-order valence-electron chi connectivity index (χ0n) is 22.6. The molecule has 5 rings (SSSR count). The molecule has 3 aromatic rings. The van der Waals surface area contributed by atoms with Crippen LogP contribution in [-0.4, -0.2) is 59.9 Å². The van der Waals surface area contributed by atoms with E-state index >= 15 is 0 Å². The van der Waals surface area contributed by atoms with Crippen molar-refractivity contribution in [2.75, 3.05) is 6.54 Å². The summed E-state index contributed by atoms with van der Waals surface area (Å²) >= 11 is 0. The first kappa shape index (κ1) is 26.4. The van der Waals surface area contributed by atoms with Gasteiger partial charge in [0, 0.05) is 18.2 Å². The molecule has 2 aliphatic rings. The van der Waals surface area contributed by atoms with Crippen LogP contribution >= 0.6 is 0 Å². The minimum absolute atomic E-state index is 0.00722. The summed E-state index contributed by atoms with van der Waals surface area (Å²) in [6.45, 7) is 14.0. The van der Waals surface area contributed by atoms with Gasteiger partial charge >= 0.3 is 12.8 Å². The zero-order valence-corrected chi connectivity index (χ0v) is 23.5. The Morgan fingerprint density at radius 3 is 2.45 bits per heavy atom. The number of hydrogen-bond acceptors (Lipinski definition) is 7. The van der Waals surface area contributed by atoms with E-state index in [1.165, 1.54) is 0 Å². The van der Waals surface area contributed by atoms with Gasteiger partial charge in [-0.05, 0) is 77.7 Å². The number of aromatic nitrogens is 2. The highest BCUT2D eigenvalue weighted by Gasteiger charge is 2.52. The maximum Gasteiger partial charge on any atom is 0.494 e. The third-order valence-electron chi connectivity index (χ3n) is 7.40. The third kappa shape index (κ3) is 4.30. The summed E-state index contributed by atoms with van der Waals surface area (Å²) < 4.78 is 44.0. The smallest absolute Gasteiger partial charge is 0.399 e. The lowest BCUT2D eigenvalue weighted by atomic mass is 9.79. The highest BCUT2D eigenvalue weighted by atomic mass is 32.2. The van der Waals surface area contributed by atoms with E-state index < -0.39 is 28.3 Å². The van der Waals surface area contributed by atoms with Crippen molar-refractivity contribution in [2.24, 2.45) is 9.50 Å². The molecule has 12 heteroatoms. The van der Waals surface area contributed by atoms with Gasteiger partial charge in [-0.2, -0.15) is 13.5 Å². The average molecular weight is 537 g/mol. The average Bonchev–Trinajstić information content (AvgIpc) is 3.38. The number of sulfonamides is 1. The molecule has 0 unspecified atom stereocenters. The maximum absolute atomic E-state index is 13.0. The van der Waals surface area contributed by atoms with E-state index in [0.29, 0.717) is 17.6 Å². The van der Waals surface area contributed by atoms with Gasteiger partial charge in [-0.1, -0.05) is 18.2 Å². The van der Waals surface area contributed by atoms with E-state index in [-0.39, 0.29) is 22.5 Å². The standard InChI is InChI=1S/C26H32BN5O5S/c1-8-31(28-15-17-9-12-20-21(13-17)32(16(2)3)24(33)29-20)23-19-11-10-18(14-22(19)38(34,35)30-23)27-36-25(4,5)26(6,7)37-27/h9-16H,8H2,1-7H3,(H,29,33)/b28-15+. The second kappa shape index (κ2) is 8.93. The second-order valence-electron chi connectivity index (χ2n) is 10.9. The summed E-state index contributed by atoms with van der Waals surface area (Å²) in [5, 5.41) is 6.10. The molecule has 0 amide bonds. The molecular formula is C26H32BN5O5S. The van der Waals surface area contributed by atoms with Crippen molar-refractivity contribution >= 4 is 45.7 Å². The Hall–Kier alpha value is -3.22. The molecule has 10 nitrogen and oxygen atoms in total. The van der Waals surface area contributed by atoms with Gasteiger partial charge in [-0.25, -0.2) is 9.80 Å². The van der Waals surface area contributed by atoms with E-state index in [4.69, 9.17) is 9.31 Å². The van der Waals surface area contributed by atoms with Crippen LogP contribution in [0, 0.1) is 0 Å². The van der Waals surface area contributed by atoms with Crippen LogP contribution in [0.15, 0.2) is 55.6 Å². The van der Waals surface area contributed by atoms with Crippen molar-refractivity contribution < 1.29 is 17.7 Å². The Kier molecular flexibility index (Phi) is 6.20. The number of rotatable bonds is 5. The number of benzene rings is 2. The van der Waals surface area contributed by atoms with Crippen molar-refractivity contribution in [1.29, 1.82) is 0 Å². The van der Waals surface area contributed by atoms with Crippen molar-refractivity contribution in [2.45, 2.75) is 70.6 Å². The van der Waals surface area contributed by atoms with Gasteiger partial charge in [0.1, 0.15) is 4.90 Å². The minimum Gasteiger partial charge on any atom is -0.399 e. The monoisotopic (exact) mass is 537 g/mol. The summed E-state index contributed by atoms with van der Waals surface area (Å²) in [5.41, 5.74) is 2.12. The SMILES string of the molecule is CCN(/N=C/c1ccc2[nH]c(=O)n(C(C)C)c2c1)C1=NS(=O)(=O)c2cc(B3OC(C)(C)C(C)(C)O3)ccc21. The number of fused-ring (bicyclic) bond motifs is 2. The van der Waals surface area contributed by atoms with Gasteiger partial charge in [-0.15, -0.1) is 4.40 Å². The molecule has 38 heavy (non-hydrogen) atoms. The molecule has 1 aromatic heterocycles. The van der Waals surface area contributed by atoms with Crippen LogP contribution in [0.3, 0.4) is 0 Å². The summed E-state index contributed by atoms with van der Waals surface area (Å²) in [6, 6.07) is 10.7. The fourth-order valence-corrected chi connectivity index (χ4v) is 5.86. The molecule has 2 aromatic carbocycles. The lowest BCUT2D eigenvalue weighted by Gasteiger charge is -2.32. The fourth-order valence-electron chi connectivity index (χ4n) is 4.62. The lowest BCUT2D eigenvalue weighted by molar-refractivity contribution is 0.00578. The second-order valence-corrected chi connectivity index (χ2v) is 12.4. The molecule has 1 N–H and O–H groups in total. The van der Waals surface area contributed by atoms with E-state index in [1.54, 1.807) is 34.0 Å². The number of amidine groups is 1. The number of nitrogens with one attached hydrogen (secondary N) is 1. The number of hydrogen-bond donors (Lipinski definition) is 1. The molecular weight excluding hydrogens is 505 g/mol. The highest BCUT2D eigenvalue weighted by molar-refractivity contribution is 7.90. The summed E-state index contributed by atoms with van der Waals surface area (Å²) in [6.07, 6.45) is 1.64. The Morgan fingerprint density at radius 2 is 1.82 bits per heavy atom. The van der Waals surface area contributed by atoms with E-state index in [1.807, 2.05) is 66.7 Å². The first-order chi connectivity index (χ1) is 17.7. The van der Waals surface area contributed by atoms with E-state index in [9.17, 15) is 13.2 Å². The van der Waals surface area contributed by atoms with Gasteiger partial charge in [0.05, 0.1) is 28.5 Å². The molecule has 0 aliphatic carbocycles. The fraction of sp³-hybridized carbons (Fsp3) is 0.423. The first-order valence-electron chi connectivity index (χ1n) is 12.6. The first-order valence-corrected chi connectivity index (χ1v) is 14.1. The van der Waals surface area contributed by atoms with Crippen LogP contribution < -0.4 is 11.2 Å². The maximum atomic E-state index is 13.0. The Morgan fingerprint density at radius 1 is 1.13 bits per heavy atom. The van der Waals surface area contributed by atoms with Crippen molar-refractivity contribution in [3.63, 3.8) is 0 Å². The zero-order chi connectivity index (χ0) is 27.6. The van der Waals surface area contributed by atoms with Crippen LogP contribution in [0.1, 0.15) is 65.6 Å². The number of nitrogens with zero attached hydrogens (tertiary/aromatic N) is 4. The molecule has 1 saturated heterocycles. The Labute approximate surface area is 222 Å². The number of hydrazone groups is 1. The molecule has 2 aliphatic heterocycles. The Balaban J connectivity index is 1.46. The predicted octanol–water partition coefficient (Wildman–Crippen LogP) is 3.01. The molecule has 1 fully saturated rings. The van der Waals surface area contributed by atoms with Crippen molar-refractivity contribution in [1.82, 2.24) is 14.6 Å². The molecule has 0 atom stereocenters. The van der Waals surface area contributed by atoms with Gasteiger partial charge in [0.2, 0.25) is 0 Å². The molecule has 0 radical (unpaired) electrons. The van der Waals surface area contributed by atoms with Gasteiger partial charge in [-0.3, -0.25) is 4.57 Å². The van der Waals surface area contributed by atoms with Crippen LogP contribution in [0.2, 0.25) is 0 Å². The molecule has 200 valence electrons. The van der Waals surface area contributed by atoms with Gasteiger partial charge in [0.25, 0.3) is 10.0 Å². The van der Waals surface area contributed by atoms with Gasteiger partial charge in [0.15, 0.2) is 5.84 Å². The third-order valence-corrected chi connectivity index (χ3v) is 8.71.